The molecule has 2 aromatic carbocycles. The highest BCUT2D eigenvalue weighted by Gasteiger charge is 2.28. The number of carbonyl (C=O) groups excluding carboxylic acids is 1. The molecule has 1 atom stereocenters. The van der Waals surface area contributed by atoms with E-state index in [1.807, 2.05) is 59.4 Å². The first-order valence-electron chi connectivity index (χ1n) is 13.6. The lowest BCUT2D eigenvalue weighted by molar-refractivity contribution is -0.136. The summed E-state index contributed by atoms with van der Waals surface area (Å²) in [6.07, 6.45) is 6.66. The number of hydrogen-bond acceptors (Lipinski definition) is 5. The molecule has 5 rings (SSSR count). The zero-order chi connectivity index (χ0) is 25.6. The Labute approximate surface area is 219 Å². The molecule has 4 aromatic rings. The van der Waals surface area contributed by atoms with Crippen LogP contribution in [0.2, 0.25) is 0 Å². The van der Waals surface area contributed by atoms with Gasteiger partial charge < -0.3 is 9.80 Å². The first kappa shape index (κ1) is 24.9. The standard InChI is InChI=1S/C30H36N6O/c1-3-5-14-24(4-2)30(37)35-19-17-34(18-20-35)28-26-22-31-36(25-15-10-7-11-16-25)29(26)33-27(32-28)21-23-12-8-6-9-13-23/h6-13,15-16,22,24H,3-5,14,17-21H2,1-2H3. The number of anilines is 1. The molecule has 1 fully saturated rings. The second-order valence-corrected chi connectivity index (χ2v) is 9.81. The van der Waals surface area contributed by atoms with E-state index in [9.17, 15) is 4.79 Å². The Morgan fingerprint density at radius 2 is 1.62 bits per heavy atom. The van der Waals surface area contributed by atoms with Crippen LogP contribution in [0.4, 0.5) is 5.82 Å². The maximum absolute atomic E-state index is 13.2. The second-order valence-electron chi connectivity index (χ2n) is 9.81. The van der Waals surface area contributed by atoms with E-state index in [0.29, 0.717) is 25.4 Å². The molecule has 1 aliphatic heterocycles. The average Bonchev–Trinajstić information content (AvgIpc) is 3.38. The summed E-state index contributed by atoms with van der Waals surface area (Å²) in [6, 6.07) is 20.4. The van der Waals surface area contributed by atoms with Crippen LogP contribution in [0.3, 0.4) is 0 Å². The number of hydrogen-bond donors (Lipinski definition) is 0. The lowest BCUT2D eigenvalue weighted by Gasteiger charge is -2.37. The summed E-state index contributed by atoms with van der Waals surface area (Å²) in [4.78, 5) is 27.5. The summed E-state index contributed by atoms with van der Waals surface area (Å²) in [6.45, 7) is 7.25. The van der Waals surface area contributed by atoms with Crippen molar-refractivity contribution in [2.45, 2.75) is 46.0 Å². The minimum absolute atomic E-state index is 0.138. The molecular weight excluding hydrogens is 460 g/mol. The van der Waals surface area contributed by atoms with Crippen LogP contribution in [0.5, 0.6) is 0 Å². The molecule has 1 saturated heterocycles. The van der Waals surface area contributed by atoms with Gasteiger partial charge in [0.25, 0.3) is 0 Å². The molecule has 0 radical (unpaired) electrons. The zero-order valence-corrected chi connectivity index (χ0v) is 21.9. The Balaban J connectivity index is 1.43. The van der Waals surface area contributed by atoms with Gasteiger partial charge in [-0.25, -0.2) is 14.6 Å². The van der Waals surface area contributed by atoms with Gasteiger partial charge in [0.15, 0.2) is 5.65 Å². The lowest BCUT2D eigenvalue weighted by Crippen LogP contribution is -2.50. The van der Waals surface area contributed by atoms with Crippen LogP contribution in [0.15, 0.2) is 66.9 Å². The van der Waals surface area contributed by atoms with E-state index in [1.54, 1.807) is 0 Å². The van der Waals surface area contributed by atoms with E-state index in [1.165, 1.54) is 5.56 Å². The molecule has 37 heavy (non-hydrogen) atoms. The number of amides is 1. The minimum Gasteiger partial charge on any atom is -0.352 e. The van der Waals surface area contributed by atoms with E-state index in [-0.39, 0.29) is 5.92 Å². The number of benzene rings is 2. The highest BCUT2D eigenvalue weighted by Crippen LogP contribution is 2.28. The quantitative estimate of drug-likeness (QED) is 0.316. The van der Waals surface area contributed by atoms with E-state index in [0.717, 1.165) is 67.1 Å². The smallest absolute Gasteiger partial charge is 0.225 e. The van der Waals surface area contributed by atoms with E-state index in [4.69, 9.17) is 15.1 Å². The third-order valence-corrected chi connectivity index (χ3v) is 7.30. The van der Waals surface area contributed by atoms with E-state index in [2.05, 4.69) is 35.8 Å². The van der Waals surface area contributed by atoms with Crippen molar-refractivity contribution in [2.24, 2.45) is 5.92 Å². The van der Waals surface area contributed by atoms with Crippen LogP contribution in [0.25, 0.3) is 16.7 Å². The number of unbranched alkanes of at least 4 members (excludes halogenated alkanes) is 1. The molecule has 1 aliphatic rings. The van der Waals surface area contributed by atoms with Crippen LogP contribution in [-0.2, 0) is 11.2 Å². The molecule has 0 N–H and O–H groups in total. The summed E-state index contributed by atoms with van der Waals surface area (Å²) in [5.41, 5.74) is 2.96. The first-order chi connectivity index (χ1) is 18.2. The van der Waals surface area contributed by atoms with Gasteiger partial charge in [-0.2, -0.15) is 5.10 Å². The molecule has 1 amide bonds. The Hall–Kier alpha value is -3.74. The molecule has 1 unspecified atom stereocenters. The summed E-state index contributed by atoms with van der Waals surface area (Å²) in [5.74, 6) is 2.13. The molecule has 0 aliphatic carbocycles. The molecule has 0 spiro atoms. The van der Waals surface area contributed by atoms with Crippen LogP contribution >= 0.6 is 0 Å². The van der Waals surface area contributed by atoms with Gasteiger partial charge in [-0.3, -0.25) is 4.79 Å². The Morgan fingerprint density at radius 3 is 2.30 bits per heavy atom. The molecule has 192 valence electrons. The van der Waals surface area contributed by atoms with Crippen LogP contribution in [-0.4, -0.2) is 56.7 Å². The molecule has 7 heteroatoms. The molecule has 3 heterocycles. The predicted molar refractivity (Wildman–Crippen MR) is 148 cm³/mol. The molecular formula is C30H36N6O. The second kappa shape index (κ2) is 11.5. The predicted octanol–water partition coefficient (Wildman–Crippen LogP) is 5.27. The van der Waals surface area contributed by atoms with Crippen LogP contribution < -0.4 is 4.90 Å². The topological polar surface area (TPSA) is 67.2 Å². The number of para-hydroxylation sites is 1. The van der Waals surface area contributed by atoms with Crippen molar-refractivity contribution in [3.05, 3.63) is 78.2 Å². The molecule has 7 nitrogen and oxygen atoms in total. The number of piperazine rings is 1. The number of nitrogens with zero attached hydrogens (tertiary/aromatic N) is 6. The molecule has 2 aromatic heterocycles. The Bertz CT molecular complexity index is 1310. The van der Waals surface area contributed by atoms with Gasteiger partial charge in [-0.15, -0.1) is 0 Å². The molecule has 0 saturated carbocycles. The SMILES string of the molecule is CCCCC(CC)C(=O)N1CCN(c2nc(Cc3ccccc3)nc3c2cnn3-c2ccccc2)CC1. The van der Waals surface area contributed by atoms with Gasteiger partial charge in [0.05, 0.1) is 17.3 Å². The Kier molecular flexibility index (Phi) is 7.78. The Morgan fingerprint density at radius 1 is 0.919 bits per heavy atom. The zero-order valence-electron chi connectivity index (χ0n) is 21.9. The molecule has 0 bridgehead atoms. The van der Waals surface area contributed by atoms with Crippen molar-refractivity contribution in [1.29, 1.82) is 0 Å². The van der Waals surface area contributed by atoms with E-state index < -0.39 is 0 Å². The normalized spacial score (nSPS) is 14.8. The van der Waals surface area contributed by atoms with E-state index >= 15 is 0 Å². The van der Waals surface area contributed by atoms with Crippen molar-refractivity contribution >= 4 is 22.8 Å². The van der Waals surface area contributed by atoms with Gasteiger partial charge in [0.1, 0.15) is 11.6 Å². The fourth-order valence-corrected chi connectivity index (χ4v) is 5.14. The largest absolute Gasteiger partial charge is 0.352 e. The van der Waals surface area contributed by atoms with Crippen LogP contribution in [0, 0.1) is 5.92 Å². The maximum Gasteiger partial charge on any atom is 0.225 e. The number of carbonyl (C=O) groups is 1. The van der Waals surface area contributed by atoms with Crippen molar-refractivity contribution in [2.75, 3.05) is 31.1 Å². The number of aromatic nitrogens is 4. The maximum atomic E-state index is 13.2. The lowest BCUT2D eigenvalue weighted by atomic mass is 9.97. The van der Waals surface area contributed by atoms with Gasteiger partial charge in [-0.05, 0) is 30.5 Å². The summed E-state index contributed by atoms with van der Waals surface area (Å²) in [7, 11) is 0. The van der Waals surface area contributed by atoms with Crippen molar-refractivity contribution in [3.8, 4) is 5.69 Å². The third kappa shape index (κ3) is 5.50. The summed E-state index contributed by atoms with van der Waals surface area (Å²) < 4.78 is 1.90. The average molecular weight is 497 g/mol. The van der Waals surface area contributed by atoms with Gasteiger partial charge >= 0.3 is 0 Å². The highest BCUT2D eigenvalue weighted by molar-refractivity contribution is 5.88. The monoisotopic (exact) mass is 496 g/mol. The number of rotatable bonds is 9. The highest BCUT2D eigenvalue weighted by atomic mass is 16.2. The van der Waals surface area contributed by atoms with Gasteiger partial charge in [0.2, 0.25) is 5.91 Å². The fourth-order valence-electron chi connectivity index (χ4n) is 5.14. The number of fused-ring (bicyclic) bond motifs is 1. The first-order valence-corrected chi connectivity index (χ1v) is 13.6. The van der Waals surface area contributed by atoms with Crippen molar-refractivity contribution in [3.63, 3.8) is 0 Å². The van der Waals surface area contributed by atoms with Gasteiger partial charge in [0, 0.05) is 38.5 Å². The van der Waals surface area contributed by atoms with Crippen molar-refractivity contribution in [1.82, 2.24) is 24.6 Å². The summed E-state index contributed by atoms with van der Waals surface area (Å²) in [5, 5.41) is 5.64. The third-order valence-electron chi connectivity index (χ3n) is 7.30. The fraction of sp³-hybridized carbons (Fsp3) is 0.400. The van der Waals surface area contributed by atoms with Gasteiger partial charge in [-0.1, -0.05) is 75.2 Å². The van der Waals surface area contributed by atoms with Crippen LogP contribution in [0.1, 0.15) is 50.9 Å². The van der Waals surface area contributed by atoms with Crippen molar-refractivity contribution < 1.29 is 4.79 Å². The minimum atomic E-state index is 0.138. The summed E-state index contributed by atoms with van der Waals surface area (Å²) >= 11 is 0.